The van der Waals surface area contributed by atoms with Crippen LogP contribution < -0.4 is 0 Å². The van der Waals surface area contributed by atoms with Crippen LogP contribution in [-0.2, 0) is 13.1 Å². The number of hydrogen-bond donors (Lipinski definition) is 1. The molecule has 0 saturated carbocycles. The van der Waals surface area contributed by atoms with Gasteiger partial charge in [0.25, 0.3) is 5.91 Å². The molecular weight excluding hydrogens is 438 g/mol. The fourth-order valence-corrected chi connectivity index (χ4v) is 3.73. The third-order valence-electron chi connectivity index (χ3n) is 5.39. The molecule has 0 aliphatic carbocycles. The standard InChI is InChI=1S/C26H22ClN3O3/c1-18-24(15-28-30(18)23-13-11-22(27)12-14-23)25(31)29(16-19-5-3-2-4-6-19)17-20-7-9-21(10-8-20)26(32)33/h2-15H,16-17H2,1H3,(H,32,33). The van der Waals surface area contributed by atoms with Gasteiger partial charge in [0.2, 0.25) is 0 Å². The third-order valence-corrected chi connectivity index (χ3v) is 5.64. The molecule has 166 valence electrons. The number of benzene rings is 3. The van der Waals surface area contributed by atoms with Crippen molar-refractivity contribution in [3.05, 3.63) is 118 Å². The highest BCUT2D eigenvalue weighted by Gasteiger charge is 2.22. The van der Waals surface area contributed by atoms with Crippen molar-refractivity contribution in [3.8, 4) is 5.69 Å². The molecule has 0 spiro atoms. The zero-order valence-corrected chi connectivity index (χ0v) is 18.7. The summed E-state index contributed by atoms with van der Waals surface area (Å²) in [6.07, 6.45) is 1.58. The van der Waals surface area contributed by atoms with E-state index in [2.05, 4.69) is 5.10 Å². The minimum Gasteiger partial charge on any atom is -0.478 e. The van der Waals surface area contributed by atoms with Crippen molar-refractivity contribution in [2.24, 2.45) is 0 Å². The normalized spacial score (nSPS) is 10.7. The van der Waals surface area contributed by atoms with E-state index in [1.807, 2.05) is 49.4 Å². The van der Waals surface area contributed by atoms with E-state index in [0.29, 0.717) is 23.7 Å². The zero-order chi connectivity index (χ0) is 23.4. The molecule has 4 aromatic rings. The van der Waals surface area contributed by atoms with E-state index in [1.54, 1.807) is 52.2 Å². The summed E-state index contributed by atoms with van der Waals surface area (Å²) in [5.41, 5.74) is 4.09. The lowest BCUT2D eigenvalue weighted by molar-refractivity contribution is 0.0693. The molecule has 1 N–H and O–H groups in total. The Morgan fingerprint density at radius 2 is 1.52 bits per heavy atom. The molecule has 0 unspecified atom stereocenters. The molecule has 1 amide bonds. The second kappa shape index (κ2) is 9.71. The van der Waals surface area contributed by atoms with Crippen molar-refractivity contribution in [3.63, 3.8) is 0 Å². The topological polar surface area (TPSA) is 75.4 Å². The lowest BCUT2D eigenvalue weighted by atomic mass is 10.1. The summed E-state index contributed by atoms with van der Waals surface area (Å²) < 4.78 is 1.71. The first kappa shape index (κ1) is 22.3. The van der Waals surface area contributed by atoms with Gasteiger partial charge in [0.1, 0.15) is 0 Å². The molecule has 0 saturated heterocycles. The first-order valence-electron chi connectivity index (χ1n) is 10.4. The van der Waals surface area contributed by atoms with Crippen LogP contribution in [0.5, 0.6) is 0 Å². The molecule has 3 aromatic carbocycles. The maximum atomic E-state index is 13.6. The average molecular weight is 460 g/mol. The van der Waals surface area contributed by atoms with E-state index in [4.69, 9.17) is 16.7 Å². The molecule has 1 heterocycles. The maximum Gasteiger partial charge on any atom is 0.335 e. The Hall–Kier alpha value is -3.90. The van der Waals surface area contributed by atoms with Crippen molar-refractivity contribution in [1.82, 2.24) is 14.7 Å². The van der Waals surface area contributed by atoms with Crippen molar-refractivity contribution in [2.75, 3.05) is 0 Å². The number of amides is 1. The Labute approximate surface area is 196 Å². The molecule has 0 radical (unpaired) electrons. The Bertz CT molecular complexity index is 1270. The second-order valence-electron chi connectivity index (χ2n) is 7.68. The van der Waals surface area contributed by atoms with E-state index in [0.717, 1.165) is 22.5 Å². The molecule has 0 atom stereocenters. The van der Waals surface area contributed by atoms with Crippen molar-refractivity contribution >= 4 is 23.5 Å². The highest BCUT2D eigenvalue weighted by Crippen LogP contribution is 2.20. The van der Waals surface area contributed by atoms with Gasteiger partial charge in [0.05, 0.1) is 28.7 Å². The van der Waals surface area contributed by atoms with Crippen LogP contribution in [0.4, 0.5) is 0 Å². The van der Waals surface area contributed by atoms with E-state index in [-0.39, 0.29) is 11.5 Å². The molecule has 0 bridgehead atoms. The summed E-state index contributed by atoms with van der Waals surface area (Å²) in [4.78, 5) is 26.5. The fourth-order valence-electron chi connectivity index (χ4n) is 3.61. The van der Waals surface area contributed by atoms with Gasteiger partial charge < -0.3 is 10.0 Å². The van der Waals surface area contributed by atoms with Gasteiger partial charge in [-0.05, 0) is 54.4 Å². The number of halogens is 1. The molecule has 1 aromatic heterocycles. The van der Waals surface area contributed by atoms with Crippen LogP contribution in [-0.4, -0.2) is 31.7 Å². The number of hydrogen-bond acceptors (Lipinski definition) is 3. The van der Waals surface area contributed by atoms with Gasteiger partial charge >= 0.3 is 5.97 Å². The first-order valence-corrected chi connectivity index (χ1v) is 10.8. The number of aromatic nitrogens is 2. The van der Waals surface area contributed by atoms with Crippen LogP contribution in [0.15, 0.2) is 85.1 Å². The van der Waals surface area contributed by atoms with Crippen LogP contribution in [0.3, 0.4) is 0 Å². The van der Waals surface area contributed by atoms with Gasteiger partial charge in [-0.3, -0.25) is 4.79 Å². The average Bonchev–Trinajstić information content (AvgIpc) is 3.21. The van der Waals surface area contributed by atoms with Gasteiger partial charge in [0.15, 0.2) is 0 Å². The number of carboxylic acid groups (broad SMARTS) is 1. The molecule has 0 aliphatic heterocycles. The van der Waals surface area contributed by atoms with Crippen LogP contribution in [0.25, 0.3) is 5.69 Å². The van der Waals surface area contributed by atoms with Gasteiger partial charge in [-0.15, -0.1) is 0 Å². The summed E-state index contributed by atoms with van der Waals surface area (Å²) in [5.74, 6) is -1.14. The van der Waals surface area contributed by atoms with Crippen molar-refractivity contribution < 1.29 is 14.7 Å². The number of aromatic carboxylic acids is 1. The predicted molar refractivity (Wildman–Crippen MR) is 127 cm³/mol. The summed E-state index contributed by atoms with van der Waals surface area (Å²) in [6, 6.07) is 23.6. The van der Waals surface area contributed by atoms with E-state index >= 15 is 0 Å². The van der Waals surface area contributed by atoms with Crippen molar-refractivity contribution in [1.29, 1.82) is 0 Å². The van der Waals surface area contributed by atoms with Crippen LogP contribution >= 0.6 is 11.6 Å². The van der Waals surface area contributed by atoms with Crippen molar-refractivity contribution in [2.45, 2.75) is 20.0 Å². The Morgan fingerprint density at radius 3 is 2.12 bits per heavy atom. The zero-order valence-electron chi connectivity index (χ0n) is 18.0. The van der Waals surface area contributed by atoms with Gasteiger partial charge in [-0.25, -0.2) is 9.48 Å². The summed E-state index contributed by atoms with van der Waals surface area (Å²) in [6.45, 7) is 2.60. The maximum absolute atomic E-state index is 13.6. The highest BCUT2D eigenvalue weighted by atomic mass is 35.5. The van der Waals surface area contributed by atoms with Crippen LogP contribution in [0.1, 0.15) is 37.5 Å². The van der Waals surface area contributed by atoms with Gasteiger partial charge in [-0.1, -0.05) is 54.1 Å². The highest BCUT2D eigenvalue weighted by molar-refractivity contribution is 6.30. The lowest BCUT2D eigenvalue weighted by Crippen LogP contribution is -2.30. The quantitative estimate of drug-likeness (QED) is 0.403. The Balaban J connectivity index is 1.64. The van der Waals surface area contributed by atoms with Crippen LogP contribution in [0, 0.1) is 6.92 Å². The van der Waals surface area contributed by atoms with Gasteiger partial charge in [-0.2, -0.15) is 5.10 Å². The first-order chi connectivity index (χ1) is 15.9. The number of carbonyl (C=O) groups excluding carboxylic acids is 1. The molecule has 4 rings (SSSR count). The smallest absolute Gasteiger partial charge is 0.335 e. The number of carboxylic acids is 1. The van der Waals surface area contributed by atoms with Gasteiger partial charge in [0, 0.05) is 18.1 Å². The molecule has 7 heteroatoms. The van der Waals surface area contributed by atoms with E-state index < -0.39 is 5.97 Å². The largest absolute Gasteiger partial charge is 0.478 e. The summed E-state index contributed by atoms with van der Waals surface area (Å²) >= 11 is 5.99. The lowest BCUT2D eigenvalue weighted by Gasteiger charge is -2.23. The third kappa shape index (κ3) is 5.13. The fraction of sp³-hybridized carbons (Fsp3) is 0.115. The molecular formula is C26H22ClN3O3. The predicted octanol–water partition coefficient (Wildman–Crippen LogP) is 5.37. The number of nitrogens with zero attached hydrogens (tertiary/aromatic N) is 3. The Kier molecular flexibility index (Phi) is 6.56. The summed E-state index contributed by atoms with van der Waals surface area (Å²) in [5, 5.41) is 14.2. The monoisotopic (exact) mass is 459 g/mol. The molecule has 6 nitrogen and oxygen atoms in total. The van der Waals surface area contributed by atoms with Crippen LogP contribution in [0.2, 0.25) is 5.02 Å². The minimum atomic E-state index is -0.982. The van der Waals surface area contributed by atoms with E-state index in [1.165, 1.54) is 0 Å². The second-order valence-corrected chi connectivity index (χ2v) is 8.12. The Morgan fingerprint density at radius 1 is 0.909 bits per heavy atom. The molecule has 0 aliphatic rings. The SMILES string of the molecule is Cc1c(C(=O)N(Cc2ccccc2)Cc2ccc(C(=O)O)cc2)cnn1-c1ccc(Cl)cc1. The molecule has 0 fully saturated rings. The summed E-state index contributed by atoms with van der Waals surface area (Å²) in [7, 11) is 0. The minimum absolute atomic E-state index is 0.154. The number of rotatable bonds is 7. The van der Waals surface area contributed by atoms with E-state index in [9.17, 15) is 9.59 Å². The molecule has 33 heavy (non-hydrogen) atoms. The number of carbonyl (C=O) groups is 2.